The van der Waals surface area contributed by atoms with E-state index in [1.807, 2.05) is 18.2 Å². The largest absolute Gasteiger partial charge is 0.383 e. The molecule has 0 aromatic carbocycles. The topological polar surface area (TPSA) is 67.9 Å². The molecule has 7 heteroatoms. The number of anilines is 1. The van der Waals surface area contributed by atoms with Crippen LogP contribution in [-0.2, 0) is 13.0 Å². The Morgan fingerprint density at radius 2 is 2.21 bits per heavy atom. The monoisotopic (exact) mass is 293 g/mol. The summed E-state index contributed by atoms with van der Waals surface area (Å²) >= 11 is 7.44. The van der Waals surface area contributed by atoms with Gasteiger partial charge in [0.05, 0.1) is 5.69 Å². The van der Waals surface area contributed by atoms with Crippen LogP contribution in [0.1, 0.15) is 11.3 Å². The van der Waals surface area contributed by atoms with Crippen molar-refractivity contribution in [3.8, 4) is 0 Å². The average Bonchev–Trinajstić information content (AvgIpc) is 2.40. The fourth-order valence-corrected chi connectivity index (χ4v) is 3.08. The molecule has 3 rings (SSSR count). The van der Waals surface area contributed by atoms with Crippen molar-refractivity contribution in [1.29, 1.82) is 0 Å². The predicted octanol–water partition coefficient (Wildman–Crippen LogP) is 2.17. The number of rotatable bonds is 2. The van der Waals surface area contributed by atoms with Gasteiger partial charge in [0.25, 0.3) is 0 Å². The molecule has 2 aromatic rings. The smallest absolute Gasteiger partial charge is 0.224 e. The number of hydrogen-bond donors (Lipinski definition) is 1. The Balaban J connectivity index is 1.79. The van der Waals surface area contributed by atoms with E-state index in [0.717, 1.165) is 29.2 Å². The Morgan fingerprint density at radius 1 is 1.32 bits per heavy atom. The maximum Gasteiger partial charge on any atom is 0.224 e. The minimum absolute atomic E-state index is 0.224. The van der Waals surface area contributed by atoms with Gasteiger partial charge in [0, 0.05) is 31.3 Å². The summed E-state index contributed by atoms with van der Waals surface area (Å²) in [6.07, 6.45) is 2.61. The summed E-state index contributed by atoms with van der Waals surface area (Å²) in [6.45, 7) is 1.60. The van der Waals surface area contributed by atoms with E-state index in [9.17, 15) is 0 Å². The van der Waals surface area contributed by atoms with Gasteiger partial charge >= 0.3 is 0 Å². The van der Waals surface area contributed by atoms with Crippen molar-refractivity contribution in [2.75, 3.05) is 12.3 Å². The fourth-order valence-electron chi connectivity index (χ4n) is 1.99. The quantitative estimate of drug-likeness (QED) is 0.676. The summed E-state index contributed by atoms with van der Waals surface area (Å²) in [5.41, 5.74) is 7.84. The van der Waals surface area contributed by atoms with Gasteiger partial charge in [-0.15, -0.1) is 0 Å². The van der Waals surface area contributed by atoms with Crippen molar-refractivity contribution in [2.45, 2.75) is 18.0 Å². The van der Waals surface area contributed by atoms with Crippen LogP contribution in [0.4, 0.5) is 5.82 Å². The van der Waals surface area contributed by atoms with Crippen LogP contribution in [0.3, 0.4) is 0 Å². The van der Waals surface area contributed by atoms with Crippen LogP contribution in [0.5, 0.6) is 0 Å². The molecule has 19 heavy (non-hydrogen) atoms. The predicted molar refractivity (Wildman–Crippen MR) is 75.7 cm³/mol. The summed E-state index contributed by atoms with van der Waals surface area (Å²) in [5.74, 6) is 0.473. The summed E-state index contributed by atoms with van der Waals surface area (Å²) in [4.78, 5) is 12.6. The third kappa shape index (κ3) is 2.80. The Hall–Kier alpha value is -1.37. The van der Waals surface area contributed by atoms with Gasteiger partial charge in [-0.1, -0.05) is 6.07 Å². The Labute approximate surface area is 120 Å². The van der Waals surface area contributed by atoms with Gasteiger partial charge in [-0.25, -0.2) is 19.3 Å². The van der Waals surface area contributed by atoms with Crippen molar-refractivity contribution < 1.29 is 0 Å². The lowest BCUT2D eigenvalue weighted by atomic mass is 10.1. The Kier molecular flexibility index (Phi) is 3.54. The Morgan fingerprint density at radius 3 is 3.00 bits per heavy atom. The van der Waals surface area contributed by atoms with Crippen LogP contribution in [0, 0.1) is 0 Å². The van der Waals surface area contributed by atoms with Crippen LogP contribution in [0.15, 0.2) is 29.4 Å². The second kappa shape index (κ2) is 5.32. The number of halogens is 1. The second-order valence-corrected chi connectivity index (χ2v) is 5.63. The minimum Gasteiger partial charge on any atom is -0.383 e. The number of nitrogens with zero attached hydrogens (tertiary/aromatic N) is 4. The van der Waals surface area contributed by atoms with Crippen LogP contribution in [0.2, 0.25) is 5.28 Å². The van der Waals surface area contributed by atoms with Gasteiger partial charge in [-0.3, -0.25) is 0 Å². The second-order valence-electron chi connectivity index (χ2n) is 4.18. The summed E-state index contributed by atoms with van der Waals surface area (Å²) < 4.78 is 2.21. The maximum absolute atomic E-state index is 5.91. The van der Waals surface area contributed by atoms with Crippen LogP contribution >= 0.6 is 23.5 Å². The van der Waals surface area contributed by atoms with E-state index >= 15 is 0 Å². The molecular weight excluding hydrogens is 282 g/mol. The molecular formula is C12H12ClN5S. The first-order valence-corrected chi connectivity index (χ1v) is 7.02. The molecule has 1 aliphatic heterocycles. The highest BCUT2D eigenvalue weighted by Gasteiger charge is 2.22. The molecule has 0 fully saturated rings. The summed E-state index contributed by atoms with van der Waals surface area (Å²) in [5, 5.41) is 1.20. The van der Waals surface area contributed by atoms with Gasteiger partial charge in [0.2, 0.25) is 5.28 Å². The number of fused-ring (bicyclic) bond motifs is 1. The number of nitrogens with two attached hydrogens (primary N) is 1. The molecule has 2 N–H and O–H groups in total. The van der Waals surface area contributed by atoms with Gasteiger partial charge < -0.3 is 5.73 Å². The highest BCUT2D eigenvalue weighted by molar-refractivity contribution is 7.96. The van der Waals surface area contributed by atoms with E-state index < -0.39 is 0 Å². The molecule has 3 heterocycles. The molecule has 0 saturated carbocycles. The van der Waals surface area contributed by atoms with Crippen LogP contribution in [-0.4, -0.2) is 25.8 Å². The molecule has 5 nitrogen and oxygen atoms in total. The molecule has 0 amide bonds. The number of aromatic nitrogens is 3. The number of hydrogen-bond acceptors (Lipinski definition) is 6. The first kappa shape index (κ1) is 12.7. The zero-order valence-electron chi connectivity index (χ0n) is 10.1. The fraction of sp³-hybridized carbons (Fsp3) is 0.250. The van der Waals surface area contributed by atoms with Crippen molar-refractivity contribution in [3.05, 3.63) is 40.9 Å². The van der Waals surface area contributed by atoms with Crippen molar-refractivity contribution in [3.63, 3.8) is 0 Å². The van der Waals surface area contributed by atoms with E-state index in [2.05, 4.69) is 19.3 Å². The van der Waals surface area contributed by atoms with E-state index in [-0.39, 0.29) is 5.28 Å². The zero-order valence-corrected chi connectivity index (χ0v) is 11.7. The molecule has 0 atom stereocenters. The molecule has 1 aliphatic rings. The third-order valence-corrected chi connectivity index (χ3v) is 4.06. The molecule has 0 unspecified atom stereocenters. The van der Waals surface area contributed by atoms with E-state index in [4.69, 9.17) is 17.3 Å². The molecule has 0 bridgehead atoms. The average molecular weight is 294 g/mol. The van der Waals surface area contributed by atoms with Crippen LogP contribution < -0.4 is 5.73 Å². The van der Waals surface area contributed by atoms with Crippen LogP contribution in [0.25, 0.3) is 0 Å². The first-order chi connectivity index (χ1) is 9.22. The maximum atomic E-state index is 5.91. The SMILES string of the molecule is Nc1nc(Cl)nc2c1CN(Sc1ccccn1)CC2. The molecule has 0 saturated heterocycles. The summed E-state index contributed by atoms with van der Waals surface area (Å²) in [6, 6.07) is 5.87. The first-order valence-electron chi connectivity index (χ1n) is 5.87. The summed E-state index contributed by atoms with van der Waals surface area (Å²) in [7, 11) is 0. The van der Waals surface area contributed by atoms with Gasteiger partial charge in [-0.05, 0) is 35.7 Å². The molecule has 0 spiro atoms. The highest BCUT2D eigenvalue weighted by Crippen LogP contribution is 2.29. The standard InChI is InChI=1S/C12H12ClN5S/c13-12-16-9-4-6-18(7-8(9)11(14)17-12)19-10-3-1-2-5-15-10/h1-3,5H,4,6-7H2,(H2,14,16,17). The lowest BCUT2D eigenvalue weighted by Crippen LogP contribution is -2.27. The molecule has 0 radical (unpaired) electrons. The minimum atomic E-state index is 0.224. The third-order valence-electron chi connectivity index (χ3n) is 2.89. The molecule has 0 aliphatic carbocycles. The number of pyridine rings is 1. The molecule has 2 aromatic heterocycles. The van der Waals surface area contributed by atoms with E-state index in [1.165, 1.54) is 0 Å². The molecule has 98 valence electrons. The van der Waals surface area contributed by atoms with Crippen molar-refractivity contribution in [1.82, 2.24) is 19.3 Å². The van der Waals surface area contributed by atoms with Gasteiger partial charge in [-0.2, -0.15) is 0 Å². The van der Waals surface area contributed by atoms with Crippen molar-refractivity contribution >= 4 is 29.4 Å². The van der Waals surface area contributed by atoms with E-state index in [1.54, 1.807) is 18.1 Å². The lowest BCUT2D eigenvalue weighted by Gasteiger charge is -2.27. The highest BCUT2D eigenvalue weighted by atomic mass is 35.5. The lowest BCUT2D eigenvalue weighted by molar-refractivity contribution is 0.438. The van der Waals surface area contributed by atoms with Gasteiger partial charge in [0.1, 0.15) is 10.8 Å². The van der Waals surface area contributed by atoms with E-state index in [0.29, 0.717) is 12.4 Å². The normalized spacial score (nSPS) is 15.2. The van der Waals surface area contributed by atoms with Gasteiger partial charge in [0.15, 0.2) is 0 Å². The van der Waals surface area contributed by atoms with Crippen molar-refractivity contribution in [2.24, 2.45) is 0 Å². The zero-order chi connectivity index (χ0) is 13.2. The number of nitrogen functional groups attached to an aromatic ring is 1. The Bertz CT molecular complexity index is 592.